The van der Waals surface area contributed by atoms with Gasteiger partial charge in [-0.3, -0.25) is 9.78 Å². The Morgan fingerprint density at radius 3 is 2.67 bits per heavy atom. The largest absolute Gasteiger partial charge is 0.336 e. The van der Waals surface area contributed by atoms with E-state index >= 15 is 0 Å². The molecule has 0 bridgehead atoms. The van der Waals surface area contributed by atoms with Gasteiger partial charge in [-0.15, -0.1) is 0 Å². The third-order valence-electron chi connectivity index (χ3n) is 3.68. The van der Waals surface area contributed by atoms with Crippen molar-refractivity contribution in [3.8, 4) is 0 Å². The zero-order valence-corrected chi connectivity index (χ0v) is 12.6. The Hall–Kier alpha value is -1.81. The van der Waals surface area contributed by atoms with E-state index in [9.17, 15) is 4.79 Å². The molecule has 108 valence electrons. The topological polar surface area (TPSA) is 33.2 Å². The fourth-order valence-corrected chi connectivity index (χ4v) is 3.79. The van der Waals surface area contributed by atoms with Crippen molar-refractivity contribution >= 4 is 17.7 Å². The van der Waals surface area contributed by atoms with E-state index in [0.717, 1.165) is 25.3 Å². The molecule has 0 N–H and O–H groups in total. The second-order valence-electron chi connectivity index (χ2n) is 5.07. The third kappa shape index (κ3) is 3.45. The molecule has 1 aliphatic rings. The number of carbonyl (C=O) groups excluding carboxylic acids is 1. The van der Waals surface area contributed by atoms with Crippen LogP contribution in [0, 0.1) is 0 Å². The van der Waals surface area contributed by atoms with Crippen molar-refractivity contribution in [3.05, 3.63) is 66.0 Å². The van der Waals surface area contributed by atoms with Crippen molar-refractivity contribution in [1.82, 2.24) is 9.88 Å². The lowest BCUT2D eigenvalue weighted by Gasteiger charge is -2.19. The van der Waals surface area contributed by atoms with E-state index in [0.29, 0.717) is 10.9 Å². The fraction of sp³-hybridized carbons (Fsp3) is 0.294. The molecule has 4 heteroatoms. The van der Waals surface area contributed by atoms with Crippen LogP contribution in [0.2, 0.25) is 0 Å². The number of pyridine rings is 1. The maximum Gasteiger partial charge on any atom is 0.272 e. The van der Waals surface area contributed by atoms with Crippen LogP contribution in [0.15, 0.2) is 54.7 Å². The summed E-state index contributed by atoms with van der Waals surface area (Å²) in [6, 6.07) is 16.0. The Balaban J connectivity index is 1.67. The molecule has 21 heavy (non-hydrogen) atoms. The lowest BCUT2D eigenvalue weighted by Crippen LogP contribution is -2.33. The van der Waals surface area contributed by atoms with Gasteiger partial charge in [-0.25, -0.2) is 0 Å². The molecule has 2 heterocycles. The average Bonchev–Trinajstić information content (AvgIpc) is 2.82. The standard InChI is InChI=1S/C17H18N2OS/c20-17(15-8-4-5-10-18-15)19-11-9-16(21-13-12-19)14-6-2-1-3-7-14/h1-8,10,16H,9,11-13H2/t16-/m1/s1. The Bertz CT molecular complexity index is 588. The van der Waals surface area contributed by atoms with E-state index in [-0.39, 0.29) is 5.91 Å². The molecule has 1 amide bonds. The molecule has 3 nitrogen and oxygen atoms in total. The summed E-state index contributed by atoms with van der Waals surface area (Å²) in [5, 5.41) is 0.479. The zero-order chi connectivity index (χ0) is 14.5. The highest BCUT2D eigenvalue weighted by Crippen LogP contribution is 2.34. The van der Waals surface area contributed by atoms with Gasteiger partial charge in [-0.1, -0.05) is 36.4 Å². The molecule has 1 atom stereocenters. The van der Waals surface area contributed by atoms with Crippen LogP contribution in [0.25, 0.3) is 0 Å². The first kappa shape index (κ1) is 14.1. The summed E-state index contributed by atoms with van der Waals surface area (Å²) < 4.78 is 0. The van der Waals surface area contributed by atoms with Gasteiger partial charge < -0.3 is 4.90 Å². The average molecular weight is 298 g/mol. The number of aromatic nitrogens is 1. The lowest BCUT2D eigenvalue weighted by atomic mass is 10.1. The number of carbonyl (C=O) groups is 1. The number of nitrogens with zero attached hydrogens (tertiary/aromatic N) is 2. The fourth-order valence-electron chi connectivity index (χ4n) is 2.56. The lowest BCUT2D eigenvalue weighted by molar-refractivity contribution is 0.0760. The molecule has 1 aliphatic heterocycles. The molecule has 1 aromatic carbocycles. The van der Waals surface area contributed by atoms with Crippen molar-refractivity contribution < 1.29 is 4.79 Å². The summed E-state index contributed by atoms with van der Waals surface area (Å²) in [5.41, 5.74) is 1.90. The predicted molar refractivity (Wildman–Crippen MR) is 86.4 cm³/mol. The zero-order valence-electron chi connectivity index (χ0n) is 11.8. The second kappa shape index (κ2) is 6.76. The minimum atomic E-state index is 0.0462. The van der Waals surface area contributed by atoms with Gasteiger partial charge in [0.05, 0.1) is 0 Å². The van der Waals surface area contributed by atoms with Crippen LogP contribution >= 0.6 is 11.8 Å². The van der Waals surface area contributed by atoms with E-state index in [1.54, 1.807) is 12.3 Å². The second-order valence-corrected chi connectivity index (χ2v) is 6.38. The molecular formula is C17H18N2OS. The number of amides is 1. The molecule has 0 saturated carbocycles. The maximum atomic E-state index is 12.4. The van der Waals surface area contributed by atoms with Crippen molar-refractivity contribution in [2.24, 2.45) is 0 Å². The summed E-state index contributed by atoms with van der Waals surface area (Å²) in [6.45, 7) is 1.59. The normalized spacial score (nSPS) is 19.0. The van der Waals surface area contributed by atoms with Gasteiger partial charge in [0.2, 0.25) is 0 Å². The number of rotatable bonds is 2. The van der Waals surface area contributed by atoms with Crippen LogP contribution in [0.3, 0.4) is 0 Å². The van der Waals surface area contributed by atoms with Gasteiger partial charge in [-0.2, -0.15) is 11.8 Å². The quantitative estimate of drug-likeness (QED) is 0.852. The molecule has 1 aromatic heterocycles. The summed E-state index contributed by atoms with van der Waals surface area (Å²) in [7, 11) is 0. The number of hydrogen-bond acceptors (Lipinski definition) is 3. The smallest absolute Gasteiger partial charge is 0.272 e. The Morgan fingerprint density at radius 2 is 1.90 bits per heavy atom. The van der Waals surface area contributed by atoms with E-state index in [1.807, 2.05) is 34.9 Å². The Labute approximate surface area is 129 Å². The highest BCUT2D eigenvalue weighted by Gasteiger charge is 2.23. The molecule has 0 spiro atoms. The number of hydrogen-bond donors (Lipinski definition) is 0. The predicted octanol–water partition coefficient (Wildman–Crippen LogP) is 3.40. The van der Waals surface area contributed by atoms with Crippen molar-refractivity contribution in [2.75, 3.05) is 18.8 Å². The van der Waals surface area contributed by atoms with E-state index in [2.05, 4.69) is 29.2 Å². The van der Waals surface area contributed by atoms with Gasteiger partial charge in [-0.05, 0) is 24.1 Å². The molecule has 0 unspecified atom stereocenters. The third-order valence-corrected chi connectivity index (χ3v) is 5.01. The van der Waals surface area contributed by atoms with Crippen LogP contribution in [0.1, 0.15) is 27.7 Å². The van der Waals surface area contributed by atoms with Crippen LogP contribution in [-0.2, 0) is 0 Å². The molecule has 0 aliphatic carbocycles. The van der Waals surface area contributed by atoms with Gasteiger partial charge in [0.1, 0.15) is 5.69 Å². The van der Waals surface area contributed by atoms with Crippen molar-refractivity contribution in [1.29, 1.82) is 0 Å². The number of benzene rings is 1. The first-order chi connectivity index (χ1) is 10.3. The monoisotopic (exact) mass is 298 g/mol. The van der Waals surface area contributed by atoms with Gasteiger partial charge >= 0.3 is 0 Å². The summed E-state index contributed by atoms with van der Waals surface area (Å²) in [6.07, 6.45) is 2.67. The molecule has 0 radical (unpaired) electrons. The Kier molecular flexibility index (Phi) is 4.55. The molecule has 2 aromatic rings. The highest BCUT2D eigenvalue weighted by atomic mass is 32.2. The Morgan fingerprint density at radius 1 is 1.10 bits per heavy atom. The van der Waals surface area contributed by atoms with E-state index in [1.165, 1.54) is 5.56 Å². The maximum absolute atomic E-state index is 12.4. The first-order valence-corrected chi connectivity index (χ1v) is 8.26. The molecule has 1 saturated heterocycles. The summed E-state index contributed by atoms with van der Waals surface area (Å²) in [4.78, 5) is 18.5. The molecular weight excluding hydrogens is 280 g/mol. The minimum Gasteiger partial charge on any atom is -0.336 e. The number of thioether (sulfide) groups is 1. The van der Waals surface area contributed by atoms with Gasteiger partial charge in [0.15, 0.2) is 0 Å². The minimum absolute atomic E-state index is 0.0462. The van der Waals surface area contributed by atoms with Crippen LogP contribution < -0.4 is 0 Å². The first-order valence-electron chi connectivity index (χ1n) is 7.21. The highest BCUT2D eigenvalue weighted by molar-refractivity contribution is 7.99. The molecule has 1 fully saturated rings. The van der Waals surface area contributed by atoms with E-state index in [4.69, 9.17) is 0 Å². The van der Waals surface area contributed by atoms with Gasteiger partial charge in [0.25, 0.3) is 5.91 Å². The SMILES string of the molecule is O=C(c1ccccn1)N1CCS[C@@H](c2ccccc2)CC1. The molecule has 3 rings (SSSR count). The van der Waals surface area contributed by atoms with Crippen LogP contribution in [-0.4, -0.2) is 34.6 Å². The van der Waals surface area contributed by atoms with Gasteiger partial charge in [0, 0.05) is 30.3 Å². The van der Waals surface area contributed by atoms with Crippen LogP contribution in [0.5, 0.6) is 0 Å². The van der Waals surface area contributed by atoms with Crippen molar-refractivity contribution in [2.45, 2.75) is 11.7 Å². The summed E-state index contributed by atoms with van der Waals surface area (Å²) >= 11 is 1.94. The summed E-state index contributed by atoms with van der Waals surface area (Å²) in [5.74, 6) is 1.02. The van der Waals surface area contributed by atoms with E-state index < -0.39 is 0 Å². The van der Waals surface area contributed by atoms with Crippen LogP contribution in [0.4, 0.5) is 0 Å². The van der Waals surface area contributed by atoms with Crippen molar-refractivity contribution in [3.63, 3.8) is 0 Å².